The topological polar surface area (TPSA) is 122 Å². The summed E-state index contributed by atoms with van der Waals surface area (Å²) in [6.07, 6.45) is 2.90. The quantitative estimate of drug-likeness (QED) is 0.500. The Bertz CT molecular complexity index is 642. The number of carbonyl (C=O) groups is 2. The highest BCUT2D eigenvalue weighted by molar-refractivity contribution is 7.17. The van der Waals surface area contributed by atoms with Gasteiger partial charge in [-0.3, -0.25) is 14.9 Å². The third kappa shape index (κ3) is 3.59. The molecule has 0 bridgehead atoms. The lowest BCUT2D eigenvalue weighted by Crippen LogP contribution is -2.46. The van der Waals surface area contributed by atoms with Crippen molar-refractivity contribution in [2.45, 2.75) is 31.2 Å². The molecule has 22 heavy (non-hydrogen) atoms. The Balaban J connectivity index is 1.86. The summed E-state index contributed by atoms with van der Waals surface area (Å²) >= 11 is 0.680. The number of nitro groups is 1. The fourth-order valence-corrected chi connectivity index (χ4v) is 3.00. The van der Waals surface area contributed by atoms with Crippen LogP contribution in [-0.4, -0.2) is 28.9 Å². The molecule has 1 fully saturated rings. The van der Waals surface area contributed by atoms with E-state index < -0.39 is 28.9 Å². The molecule has 1 aliphatic rings. The average molecular weight is 323 g/mol. The summed E-state index contributed by atoms with van der Waals surface area (Å²) in [5.74, 6) is -1.35. The zero-order chi connectivity index (χ0) is 16.2. The highest BCUT2D eigenvalue weighted by atomic mass is 32.1. The Morgan fingerprint density at radius 3 is 2.68 bits per heavy atom. The van der Waals surface area contributed by atoms with Crippen LogP contribution in [0.5, 0.6) is 0 Å². The number of esters is 1. The number of thiophene rings is 1. The fraction of sp³-hybridized carbons (Fsp3) is 0.462. The Hall–Kier alpha value is -2.47. The first kappa shape index (κ1) is 15.9. The first-order valence-electron chi connectivity index (χ1n) is 6.59. The molecule has 1 aromatic heterocycles. The minimum Gasteiger partial charge on any atom is -0.451 e. The van der Waals surface area contributed by atoms with Crippen LogP contribution in [0.2, 0.25) is 0 Å². The number of nitrogens with zero attached hydrogens (tertiary/aromatic N) is 2. The highest BCUT2D eigenvalue weighted by Gasteiger charge is 2.35. The lowest BCUT2D eigenvalue weighted by Gasteiger charge is -2.21. The summed E-state index contributed by atoms with van der Waals surface area (Å²) in [5, 5.41) is 22.1. The second-order valence-electron chi connectivity index (χ2n) is 4.92. The predicted molar refractivity (Wildman–Crippen MR) is 76.2 cm³/mol. The zero-order valence-electron chi connectivity index (χ0n) is 11.5. The molecule has 0 aliphatic heterocycles. The molecule has 0 unspecified atom stereocenters. The largest absolute Gasteiger partial charge is 0.451 e. The molecule has 0 aromatic carbocycles. The Morgan fingerprint density at radius 1 is 1.45 bits per heavy atom. The van der Waals surface area contributed by atoms with Gasteiger partial charge in [-0.25, -0.2) is 4.79 Å². The molecular formula is C13H13N3O5S. The molecule has 0 saturated heterocycles. The molecular weight excluding hydrogens is 310 g/mol. The van der Waals surface area contributed by atoms with Crippen LogP contribution in [0, 0.1) is 21.4 Å². The molecule has 1 saturated carbocycles. The van der Waals surface area contributed by atoms with Crippen molar-refractivity contribution in [3.63, 3.8) is 0 Å². The minimum atomic E-state index is -0.870. The standard InChI is InChI=1S/C13H13N3O5S/c14-8-13(5-1-2-6-13)15-10(17)7-21-12(18)9-3-4-11(22-9)16(19)20/h3-4H,1-2,5-7H2,(H,15,17). The van der Waals surface area contributed by atoms with Gasteiger partial charge in [0.05, 0.1) is 11.0 Å². The van der Waals surface area contributed by atoms with E-state index in [2.05, 4.69) is 11.4 Å². The highest BCUT2D eigenvalue weighted by Crippen LogP contribution is 2.29. The van der Waals surface area contributed by atoms with E-state index in [-0.39, 0.29) is 9.88 Å². The smallest absolute Gasteiger partial charge is 0.349 e. The normalized spacial score (nSPS) is 15.8. The molecule has 1 aliphatic carbocycles. The van der Waals surface area contributed by atoms with Gasteiger partial charge in [0, 0.05) is 6.07 Å². The van der Waals surface area contributed by atoms with Crippen LogP contribution in [-0.2, 0) is 9.53 Å². The van der Waals surface area contributed by atoms with Crippen LogP contribution in [0.4, 0.5) is 5.00 Å². The van der Waals surface area contributed by atoms with E-state index >= 15 is 0 Å². The Morgan fingerprint density at radius 2 is 2.14 bits per heavy atom. The summed E-state index contributed by atoms with van der Waals surface area (Å²) in [4.78, 5) is 33.4. The van der Waals surface area contributed by atoms with Gasteiger partial charge in [0.25, 0.3) is 5.91 Å². The SMILES string of the molecule is N#CC1(NC(=O)COC(=O)c2ccc([N+](=O)[O-])s2)CCCC1. The number of ether oxygens (including phenoxy) is 1. The van der Waals surface area contributed by atoms with Gasteiger partial charge in [0.1, 0.15) is 10.4 Å². The molecule has 1 heterocycles. The molecule has 0 radical (unpaired) electrons. The van der Waals surface area contributed by atoms with Gasteiger partial charge >= 0.3 is 11.0 Å². The maximum absolute atomic E-state index is 11.8. The molecule has 2 rings (SSSR count). The summed E-state index contributed by atoms with van der Waals surface area (Å²) in [5.41, 5.74) is -0.870. The summed E-state index contributed by atoms with van der Waals surface area (Å²) in [6, 6.07) is 4.57. The van der Waals surface area contributed by atoms with Crippen LogP contribution in [0.1, 0.15) is 35.4 Å². The van der Waals surface area contributed by atoms with E-state index in [1.54, 1.807) is 0 Å². The Labute approximate surface area is 129 Å². The first-order chi connectivity index (χ1) is 10.5. The van der Waals surface area contributed by atoms with Crippen LogP contribution >= 0.6 is 11.3 Å². The molecule has 0 atom stereocenters. The van der Waals surface area contributed by atoms with E-state index in [0.717, 1.165) is 12.8 Å². The van der Waals surface area contributed by atoms with Gasteiger partial charge in [-0.1, -0.05) is 11.3 Å². The van der Waals surface area contributed by atoms with E-state index in [1.807, 2.05) is 0 Å². The van der Waals surface area contributed by atoms with Gasteiger partial charge in [-0.15, -0.1) is 0 Å². The number of nitriles is 1. The van der Waals surface area contributed by atoms with Crippen molar-refractivity contribution in [2.24, 2.45) is 0 Å². The lowest BCUT2D eigenvalue weighted by molar-refractivity contribution is -0.380. The second-order valence-corrected chi connectivity index (χ2v) is 5.98. The van der Waals surface area contributed by atoms with E-state index in [9.17, 15) is 19.7 Å². The number of rotatable bonds is 5. The minimum absolute atomic E-state index is 0.0513. The van der Waals surface area contributed by atoms with Crippen LogP contribution < -0.4 is 5.32 Å². The summed E-state index contributed by atoms with van der Waals surface area (Å²) in [7, 11) is 0. The van der Waals surface area contributed by atoms with Crippen molar-refractivity contribution in [3.8, 4) is 6.07 Å². The third-order valence-corrected chi connectivity index (χ3v) is 4.37. The molecule has 0 spiro atoms. The zero-order valence-corrected chi connectivity index (χ0v) is 12.4. The number of hydrogen-bond donors (Lipinski definition) is 1. The second kappa shape index (κ2) is 6.53. The van der Waals surface area contributed by atoms with Crippen molar-refractivity contribution >= 4 is 28.2 Å². The molecule has 1 N–H and O–H groups in total. The van der Waals surface area contributed by atoms with Crippen molar-refractivity contribution < 1.29 is 19.2 Å². The molecule has 9 heteroatoms. The fourth-order valence-electron chi connectivity index (χ4n) is 2.28. The molecule has 1 aromatic rings. The summed E-state index contributed by atoms with van der Waals surface area (Å²) in [6.45, 7) is -0.520. The van der Waals surface area contributed by atoms with Gasteiger partial charge in [-0.05, 0) is 31.7 Å². The van der Waals surface area contributed by atoms with Crippen molar-refractivity contribution in [2.75, 3.05) is 6.61 Å². The van der Waals surface area contributed by atoms with Crippen molar-refractivity contribution in [3.05, 3.63) is 27.1 Å². The lowest BCUT2D eigenvalue weighted by atomic mass is 10.00. The van der Waals surface area contributed by atoms with E-state index in [1.165, 1.54) is 12.1 Å². The maximum Gasteiger partial charge on any atom is 0.349 e. The summed E-state index contributed by atoms with van der Waals surface area (Å²) < 4.78 is 4.81. The van der Waals surface area contributed by atoms with Gasteiger partial charge in [0.2, 0.25) is 0 Å². The number of carbonyl (C=O) groups excluding carboxylic acids is 2. The molecule has 1 amide bonds. The number of nitrogens with one attached hydrogen (secondary N) is 1. The maximum atomic E-state index is 11.8. The van der Waals surface area contributed by atoms with Crippen molar-refractivity contribution in [1.82, 2.24) is 5.32 Å². The Kier molecular flexibility index (Phi) is 4.72. The van der Waals surface area contributed by atoms with Crippen LogP contribution in [0.15, 0.2) is 12.1 Å². The number of amides is 1. The van der Waals surface area contributed by atoms with Crippen molar-refractivity contribution in [1.29, 1.82) is 5.26 Å². The van der Waals surface area contributed by atoms with Gasteiger partial charge in [-0.2, -0.15) is 5.26 Å². The van der Waals surface area contributed by atoms with Gasteiger partial charge < -0.3 is 10.1 Å². The predicted octanol–water partition coefficient (Wildman–Crippen LogP) is 1.77. The number of hydrogen-bond acceptors (Lipinski definition) is 7. The van der Waals surface area contributed by atoms with Gasteiger partial charge in [0.15, 0.2) is 6.61 Å². The average Bonchev–Trinajstić information content (AvgIpc) is 3.14. The van der Waals surface area contributed by atoms with E-state index in [0.29, 0.717) is 24.2 Å². The first-order valence-corrected chi connectivity index (χ1v) is 7.41. The molecule has 8 nitrogen and oxygen atoms in total. The molecule has 116 valence electrons. The monoisotopic (exact) mass is 323 g/mol. The van der Waals surface area contributed by atoms with E-state index in [4.69, 9.17) is 10.00 Å². The van der Waals surface area contributed by atoms with Crippen LogP contribution in [0.3, 0.4) is 0 Å². The van der Waals surface area contributed by atoms with Crippen LogP contribution in [0.25, 0.3) is 0 Å². The third-order valence-electron chi connectivity index (χ3n) is 3.36.